The maximum absolute atomic E-state index is 10.8. The lowest BCUT2D eigenvalue weighted by Crippen LogP contribution is -2.10. The molecule has 0 amide bonds. The predicted molar refractivity (Wildman–Crippen MR) is 74.2 cm³/mol. The number of ether oxygens (including phenoxy) is 1. The first-order chi connectivity index (χ1) is 9.70. The first-order valence-electron chi connectivity index (χ1n) is 6.12. The molecule has 1 aromatic carbocycles. The Morgan fingerprint density at radius 3 is 2.90 bits per heavy atom. The number of hydrogen-bond donors (Lipinski definition) is 2. The van der Waals surface area contributed by atoms with Crippen molar-refractivity contribution in [3.05, 3.63) is 47.9 Å². The maximum Gasteiger partial charge on any atom is 0.356 e. The summed E-state index contributed by atoms with van der Waals surface area (Å²) in [5.74, 6) is 0.186. The molecule has 0 aliphatic carbocycles. The quantitative estimate of drug-likeness (QED) is 0.835. The van der Waals surface area contributed by atoms with Crippen molar-refractivity contribution in [2.45, 2.75) is 6.42 Å². The fourth-order valence-electron chi connectivity index (χ4n) is 1.79. The van der Waals surface area contributed by atoms with Gasteiger partial charge in [-0.3, -0.25) is 4.98 Å². The highest BCUT2D eigenvalue weighted by Gasteiger charge is 2.06. The molecule has 1 aromatic heterocycles. The lowest BCUT2D eigenvalue weighted by Gasteiger charge is -2.09. The molecule has 0 spiro atoms. The largest absolute Gasteiger partial charge is 0.496 e. The highest BCUT2D eigenvalue weighted by Crippen LogP contribution is 2.17. The minimum absolute atomic E-state index is 0.0766. The van der Waals surface area contributed by atoms with E-state index in [1.807, 2.05) is 24.3 Å². The van der Waals surface area contributed by atoms with Gasteiger partial charge in [-0.25, -0.2) is 9.78 Å². The minimum Gasteiger partial charge on any atom is -0.496 e. The van der Waals surface area contributed by atoms with Gasteiger partial charge >= 0.3 is 5.97 Å². The summed E-state index contributed by atoms with van der Waals surface area (Å²) in [7, 11) is 1.63. The number of para-hydroxylation sites is 1. The van der Waals surface area contributed by atoms with Crippen LogP contribution in [-0.2, 0) is 6.42 Å². The summed E-state index contributed by atoms with van der Waals surface area (Å²) in [6.45, 7) is 0.609. The van der Waals surface area contributed by atoms with E-state index in [2.05, 4.69) is 15.3 Å². The average molecular weight is 273 g/mol. The zero-order valence-electron chi connectivity index (χ0n) is 11.0. The van der Waals surface area contributed by atoms with E-state index >= 15 is 0 Å². The number of benzene rings is 1. The maximum atomic E-state index is 10.8. The third kappa shape index (κ3) is 3.44. The molecule has 6 nitrogen and oxygen atoms in total. The van der Waals surface area contributed by atoms with Crippen molar-refractivity contribution in [3.63, 3.8) is 0 Å². The van der Waals surface area contributed by atoms with E-state index in [-0.39, 0.29) is 5.69 Å². The molecule has 0 atom stereocenters. The van der Waals surface area contributed by atoms with Crippen molar-refractivity contribution >= 4 is 11.8 Å². The third-order valence-corrected chi connectivity index (χ3v) is 2.75. The Bertz CT molecular complexity index is 602. The van der Waals surface area contributed by atoms with Crippen molar-refractivity contribution in [2.75, 3.05) is 19.0 Å². The molecule has 1 heterocycles. The Balaban J connectivity index is 1.96. The van der Waals surface area contributed by atoms with Crippen LogP contribution in [-0.4, -0.2) is 34.7 Å². The molecule has 6 heteroatoms. The van der Waals surface area contributed by atoms with Crippen LogP contribution in [0.2, 0.25) is 0 Å². The molecule has 20 heavy (non-hydrogen) atoms. The van der Waals surface area contributed by atoms with Gasteiger partial charge in [-0.1, -0.05) is 18.2 Å². The zero-order chi connectivity index (χ0) is 14.4. The number of anilines is 1. The molecule has 0 aliphatic heterocycles. The van der Waals surface area contributed by atoms with Gasteiger partial charge in [0.2, 0.25) is 0 Å². The van der Waals surface area contributed by atoms with Crippen molar-refractivity contribution in [1.82, 2.24) is 9.97 Å². The number of nitrogens with zero attached hydrogens (tertiary/aromatic N) is 2. The van der Waals surface area contributed by atoms with Gasteiger partial charge in [-0.05, 0) is 18.1 Å². The fraction of sp³-hybridized carbons (Fsp3) is 0.214. The Kier molecular flexibility index (Phi) is 4.49. The van der Waals surface area contributed by atoms with E-state index in [0.29, 0.717) is 12.4 Å². The van der Waals surface area contributed by atoms with Crippen LogP contribution in [0.15, 0.2) is 36.7 Å². The summed E-state index contributed by atoms with van der Waals surface area (Å²) in [6, 6.07) is 7.75. The first kappa shape index (κ1) is 13.8. The molecule has 104 valence electrons. The van der Waals surface area contributed by atoms with E-state index in [1.54, 1.807) is 7.11 Å². The number of aromatic nitrogens is 2. The number of carboxylic acids is 1. The number of aromatic carboxylic acids is 1. The number of methoxy groups -OCH3 is 1. The lowest BCUT2D eigenvalue weighted by atomic mass is 10.1. The molecule has 2 aromatic rings. The first-order valence-corrected chi connectivity index (χ1v) is 6.12. The molecule has 0 saturated carbocycles. The molecule has 0 saturated heterocycles. The monoisotopic (exact) mass is 273 g/mol. The van der Waals surface area contributed by atoms with Crippen LogP contribution in [0.3, 0.4) is 0 Å². The zero-order valence-corrected chi connectivity index (χ0v) is 11.0. The van der Waals surface area contributed by atoms with Crippen LogP contribution >= 0.6 is 0 Å². The Labute approximate surface area is 116 Å². The molecule has 0 radical (unpaired) electrons. The van der Waals surface area contributed by atoms with Crippen LogP contribution < -0.4 is 10.1 Å². The van der Waals surface area contributed by atoms with Crippen molar-refractivity contribution in [2.24, 2.45) is 0 Å². The molecule has 0 fully saturated rings. The van der Waals surface area contributed by atoms with E-state index in [1.165, 1.54) is 12.4 Å². The van der Waals surface area contributed by atoms with Gasteiger partial charge < -0.3 is 15.2 Å². The van der Waals surface area contributed by atoms with E-state index in [4.69, 9.17) is 9.84 Å². The van der Waals surface area contributed by atoms with Crippen LogP contribution in [0, 0.1) is 0 Å². The molecule has 0 unspecified atom stereocenters. The highest BCUT2D eigenvalue weighted by molar-refractivity contribution is 5.85. The Morgan fingerprint density at radius 1 is 1.35 bits per heavy atom. The second-order valence-corrected chi connectivity index (χ2v) is 4.08. The number of carbonyl (C=O) groups is 1. The summed E-state index contributed by atoms with van der Waals surface area (Å²) in [5, 5.41) is 11.9. The smallest absolute Gasteiger partial charge is 0.356 e. The lowest BCUT2D eigenvalue weighted by molar-refractivity contribution is 0.0690. The van der Waals surface area contributed by atoms with Crippen LogP contribution in [0.4, 0.5) is 5.82 Å². The molecule has 2 N–H and O–H groups in total. The number of nitrogens with one attached hydrogen (secondary N) is 1. The second kappa shape index (κ2) is 6.51. The van der Waals surface area contributed by atoms with Gasteiger partial charge in [0, 0.05) is 6.54 Å². The standard InChI is InChI=1S/C14H15N3O3/c1-20-12-5-3-2-4-10(12)6-7-16-13-9-15-8-11(17-13)14(18)19/h2-5,8-9H,6-7H2,1H3,(H,16,17)(H,18,19). The predicted octanol–water partition coefficient (Wildman–Crippen LogP) is 1.84. The topological polar surface area (TPSA) is 84.3 Å². The van der Waals surface area contributed by atoms with Crippen molar-refractivity contribution in [3.8, 4) is 5.75 Å². The van der Waals surface area contributed by atoms with Crippen LogP contribution in [0.5, 0.6) is 5.75 Å². The summed E-state index contributed by atoms with van der Waals surface area (Å²) < 4.78 is 5.27. The average Bonchev–Trinajstić information content (AvgIpc) is 2.48. The number of hydrogen-bond acceptors (Lipinski definition) is 5. The van der Waals surface area contributed by atoms with Crippen LogP contribution in [0.25, 0.3) is 0 Å². The second-order valence-electron chi connectivity index (χ2n) is 4.08. The van der Waals surface area contributed by atoms with Gasteiger partial charge in [0.15, 0.2) is 5.69 Å². The molecular formula is C14H15N3O3. The molecule has 0 bridgehead atoms. The third-order valence-electron chi connectivity index (χ3n) is 2.75. The van der Waals surface area contributed by atoms with Crippen LogP contribution in [0.1, 0.15) is 16.1 Å². The van der Waals surface area contributed by atoms with E-state index in [0.717, 1.165) is 17.7 Å². The fourth-order valence-corrected chi connectivity index (χ4v) is 1.79. The SMILES string of the molecule is COc1ccccc1CCNc1cncc(C(=O)O)n1. The van der Waals surface area contributed by atoms with Gasteiger partial charge in [0.05, 0.1) is 19.5 Å². The molecule has 2 rings (SSSR count). The normalized spacial score (nSPS) is 10.1. The minimum atomic E-state index is -1.09. The number of carboxylic acid groups (broad SMARTS) is 1. The summed E-state index contributed by atoms with van der Waals surface area (Å²) in [6.07, 6.45) is 3.45. The van der Waals surface area contributed by atoms with Gasteiger partial charge in [-0.2, -0.15) is 0 Å². The van der Waals surface area contributed by atoms with E-state index in [9.17, 15) is 4.79 Å². The summed E-state index contributed by atoms with van der Waals surface area (Å²) >= 11 is 0. The van der Waals surface area contributed by atoms with Crippen molar-refractivity contribution in [1.29, 1.82) is 0 Å². The van der Waals surface area contributed by atoms with E-state index < -0.39 is 5.97 Å². The Morgan fingerprint density at radius 2 is 2.15 bits per heavy atom. The van der Waals surface area contributed by atoms with Gasteiger partial charge in [0.1, 0.15) is 11.6 Å². The molecular weight excluding hydrogens is 258 g/mol. The molecule has 0 aliphatic rings. The highest BCUT2D eigenvalue weighted by atomic mass is 16.5. The number of rotatable bonds is 6. The van der Waals surface area contributed by atoms with Gasteiger partial charge in [0.25, 0.3) is 0 Å². The summed E-state index contributed by atoms with van der Waals surface area (Å²) in [4.78, 5) is 18.6. The van der Waals surface area contributed by atoms with Gasteiger partial charge in [-0.15, -0.1) is 0 Å². The Hall–Kier alpha value is -2.63. The van der Waals surface area contributed by atoms with Crippen molar-refractivity contribution < 1.29 is 14.6 Å². The summed E-state index contributed by atoms with van der Waals surface area (Å²) in [5.41, 5.74) is 0.997.